The quantitative estimate of drug-likeness (QED) is 0.882. The van der Waals surface area contributed by atoms with Gasteiger partial charge in [-0.05, 0) is 12.1 Å². The summed E-state index contributed by atoms with van der Waals surface area (Å²) in [7, 11) is -3.62. The molecule has 0 unspecified atom stereocenters. The maximum atomic E-state index is 12.5. The highest BCUT2D eigenvalue weighted by atomic mass is 32.2. The molecular weight excluding hydrogens is 340 g/mol. The molecule has 3 rings (SSSR count). The van der Waals surface area contributed by atoms with Crippen LogP contribution >= 0.6 is 11.3 Å². The van der Waals surface area contributed by atoms with Gasteiger partial charge in [0, 0.05) is 38.6 Å². The van der Waals surface area contributed by atoms with Crippen molar-refractivity contribution >= 4 is 32.4 Å². The number of amides is 1. The molecule has 0 bridgehead atoms. The third-order valence-corrected chi connectivity index (χ3v) is 6.76. The minimum Gasteiger partial charge on any atom is -0.465 e. The summed E-state index contributed by atoms with van der Waals surface area (Å²) in [6.45, 7) is 1.73. The normalized spacial score (nSPS) is 15.7. The summed E-state index contributed by atoms with van der Waals surface area (Å²) in [6.07, 6.45) is 3.22. The second-order valence-electron chi connectivity index (χ2n) is 4.91. The van der Waals surface area contributed by atoms with E-state index in [0.717, 1.165) is 11.3 Å². The Morgan fingerprint density at radius 1 is 1.22 bits per heavy atom. The summed E-state index contributed by atoms with van der Waals surface area (Å²) in [4.78, 5) is 22.3. The predicted molar refractivity (Wildman–Crippen MR) is 83.6 cm³/mol. The van der Waals surface area contributed by atoms with Crippen molar-refractivity contribution in [1.29, 1.82) is 0 Å². The lowest BCUT2D eigenvalue weighted by atomic mass is 10.3. The van der Waals surface area contributed by atoms with E-state index in [4.69, 9.17) is 5.11 Å². The lowest BCUT2D eigenvalue weighted by Gasteiger charge is -2.32. The Labute approximate surface area is 136 Å². The second-order valence-corrected chi connectivity index (χ2v) is 8.10. The maximum Gasteiger partial charge on any atom is 0.407 e. The molecule has 0 saturated carbocycles. The topological polar surface area (TPSA) is 104 Å². The zero-order valence-corrected chi connectivity index (χ0v) is 13.6. The molecule has 10 heteroatoms. The van der Waals surface area contributed by atoms with Crippen molar-refractivity contribution in [3.63, 3.8) is 0 Å². The molecule has 0 radical (unpaired) electrons. The maximum absolute atomic E-state index is 12.5. The Kier molecular flexibility index (Phi) is 4.18. The Morgan fingerprint density at radius 2 is 1.96 bits per heavy atom. The van der Waals surface area contributed by atoms with Crippen LogP contribution < -0.4 is 4.90 Å². The molecule has 2 aromatic heterocycles. The molecule has 122 valence electrons. The molecule has 1 aliphatic rings. The first-order valence-electron chi connectivity index (χ1n) is 6.82. The summed E-state index contributed by atoms with van der Waals surface area (Å²) < 4.78 is 25.1. The summed E-state index contributed by atoms with van der Waals surface area (Å²) in [5.74, 6) is 0. The monoisotopic (exact) mass is 354 g/mol. The minimum absolute atomic E-state index is 0.130. The van der Waals surface area contributed by atoms with Crippen molar-refractivity contribution in [2.45, 2.75) is 9.10 Å². The average molecular weight is 354 g/mol. The summed E-state index contributed by atoms with van der Waals surface area (Å²) in [5, 5.41) is 9.52. The number of carboxylic acid groups (broad SMARTS) is 1. The van der Waals surface area contributed by atoms with Crippen molar-refractivity contribution in [2.24, 2.45) is 0 Å². The second kappa shape index (κ2) is 6.13. The van der Waals surface area contributed by atoms with Gasteiger partial charge in [-0.2, -0.15) is 0 Å². The third-order valence-electron chi connectivity index (χ3n) is 3.50. The van der Waals surface area contributed by atoms with Crippen LogP contribution in [-0.2, 0) is 9.84 Å². The number of nitrogens with zero attached hydrogens (tertiary/aromatic N) is 4. The molecule has 1 amide bonds. The summed E-state index contributed by atoms with van der Waals surface area (Å²) in [5.41, 5.74) is 0. The zero-order valence-electron chi connectivity index (χ0n) is 12.0. The molecule has 1 fully saturated rings. The fourth-order valence-corrected chi connectivity index (χ4v) is 4.77. The fraction of sp³-hybridized carbons (Fsp3) is 0.308. The van der Waals surface area contributed by atoms with E-state index < -0.39 is 15.9 Å². The van der Waals surface area contributed by atoms with E-state index in [1.54, 1.807) is 6.07 Å². The average Bonchev–Trinajstić information content (AvgIpc) is 3.06. The van der Waals surface area contributed by atoms with Crippen LogP contribution in [0.15, 0.2) is 39.8 Å². The van der Waals surface area contributed by atoms with Crippen LogP contribution in [0, 0.1) is 0 Å². The highest BCUT2D eigenvalue weighted by Gasteiger charge is 2.25. The van der Waals surface area contributed by atoms with E-state index in [1.165, 1.54) is 29.6 Å². The summed E-state index contributed by atoms with van der Waals surface area (Å²) >= 11 is 1.08. The van der Waals surface area contributed by atoms with Gasteiger partial charge in [0.05, 0.1) is 11.1 Å². The van der Waals surface area contributed by atoms with Crippen LogP contribution in [0.4, 0.5) is 9.93 Å². The minimum atomic E-state index is -3.62. The van der Waals surface area contributed by atoms with Crippen LogP contribution in [0.3, 0.4) is 0 Å². The van der Waals surface area contributed by atoms with Gasteiger partial charge in [-0.3, -0.25) is 4.98 Å². The lowest BCUT2D eigenvalue weighted by Crippen LogP contribution is -2.48. The van der Waals surface area contributed by atoms with Crippen molar-refractivity contribution in [3.8, 4) is 0 Å². The van der Waals surface area contributed by atoms with Crippen molar-refractivity contribution in [1.82, 2.24) is 14.9 Å². The highest BCUT2D eigenvalue weighted by Crippen LogP contribution is 2.30. The van der Waals surface area contributed by atoms with Crippen LogP contribution in [0.2, 0.25) is 0 Å². The van der Waals surface area contributed by atoms with Gasteiger partial charge in [-0.15, -0.1) is 0 Å². The molecule has 0 atom stereocenters. The molecule has 8 nitrogen and oxygen atoms in total. The van der Waals surface area contributed by atoms with E-state index >= 15 is 0 Å². The molecular formula is C13H14N4O4S2. The summed E-state index contributed by atoms with van der Waals surface area (Å²) in [6, 6.07) is 3.06. The Hall–Kier alpha value is -2.20. The number of rotatable bonds is 3. The third kappa shape index (κ3) is 3.13. The number of aromatic nitrogens is 2. The van der Waals surface area contributed by atoms with Crippen LogP contribution in [0.25, 0.3) is 0 Å². The van der Waals surface area contributed by atoms with E-state index in [0.29, 0.717) is 31.3 Å². The molecule has 0 aromatic carbocycles. The smallest absolute Gasteiger partial charge is 0.407 e. The SMILES string of the molecule is O=C(O)N1CCN(c2ncc(S(=O)(=O)c3cccnc3)s2)CC1. The highest BCUT2D eigenvalue weighted by molar-refractivity contribution is 7.93. The molecule has 0 aliphatic carbocycles. The number of piperazine rings is 1. The van der Waals surface area contributed by atoms with E-state index in [9.17, 15) is 13.2 Å². The van der Waals surface area contributed by atoms with E-state index in [1.807, 2.05) is 4.90 Å². The van der Waals surface area contributed by atoms with Gasteiger partial charge in [0.1, 0.15) is 4.21 Å². The molecule has 23 heavy (non-hydrogen) atoms. The predicted octanol–water partition coefficient (Wildman–Crippen LogP) is 1.17. The molecule has 1 N–H and O–H groups in total. The zero-order chi connectivity index (χ0) is 16.4. The Morgan fingerprint density at radius 3 is 2.57 bits per heavy atom. The van der Waals surface area contributed by atoms with Crippen LogP contribution in [-0.4, -0.2) is 60.7 Å². The van der Waals surface area contributed by atoms with Crippen LogP contribution in [0.1, 0.15) is 0 Å². The largest absolute Gasteiger partial charge is 0.465 e. The molecule has 2 aromatic rings. The van der Waals surface area contributed by atoms with Gasteiger partial charge >= 0.3 is 6.09 Å². The number of hydrogen-bond donors (Lipinski definition) is 1. The first-order chi connectivity index (χ1) is 11.0. The van der Waals surface area contributed by atoms with E-state index in [-0.39, 0.29) is 9.10 Å². The number of thiazole rings is 1. The van der Waals surface area contributed by atoms with Gasteiger partial charge < -0.3 is 14.9 Å². The van der Waals surface area contributed by atoms with Gasteiger partial charge in [0.15, 0.2) is 5.13 Å². The molecule has 1 saturated heterocycles. The van der Waals surface area contributed by atoms with Crippen molar-refractivity contribution in [3.05, 3.63) is 30.7 Å². The van der Waals surface area contributed by atoms with Gasteiger partial charge in [0.2, 0.25) is 9.84 Å². The number of carbonyl (C=O) groups is 1. The number of sulfone groups is 1. The van der Waals surface area contributed by atoms with Gasteiger partial charge in [-0.1, -0.05) is 11.3 Å². The van der Waals surface area contributed by atoms with E-state index in [2.05, 4.69) is 9.97 Å². The first kappa shape index (κ1) is 15.7. The Bertz CT molecular complexity index is 798. The number of hydrogen-bond acceptors (Lipinski definition) is 7. The molecule has 3 heterocycles. The van der Waals surface area contributed by atoms with Crippen molar-refractivity contribution < 1.29 is 18.3 Å². The van der Waals surface area contributed by atoms with Crippen molar-refractivity contribution in [2.75, 3.05) is 31.1 Å². The lowest BCUT2D eigenvalue weighted by molar-refractivity contribution is 0.142. The van der Waals surface area contributed by atoms with Gasteiger partial charge in [0.25, 0.3) is 0 Å². The van der Waals surface area contributed by atoms with Gasteiger partial charge in [-0.25, -0.2) is 18.2 Å². The first-order valence-corrected chi connectivity index (χ1v) is 9.12. The number of pyridine rings is 1. The van der Waals surface area contributed by atoms with Crippen LogP contribution in [0.5, 0.6) is 0 Å². The fourth-order valence-electron chi connectivity index (χ4n) is 2.23. The molecule has 1 aliphatic heterocycles. The number of anilines is 1. The Balaban J connectivity index is 1.78. The molecule has 0 spiro atoms. The standard InChI is InChI=1S/C13H14N4O4S2/c18-13(19)17-6-4-16(5-7-17)12-15-9-11(22-12)23(20,21)10-2-1-3-14-8-10/h1-3,8-9H,4-7H2,(H,18,19).